The smallest absolute Gasteiger partial charge is 0.311 e. The fraction of sp³-hybridized carbons (Fsp3) is 0.273. The molecule has 0 aliphatic heterocycles. The molecule has 0 aromatic carbocycles. The van der Waals surface area contributed by atoms with E-state index in [9.17, 15) is 13.2 Å². The van der Waals surface area contributed by atoms with Crippen molar-refractivity contribution in [3.05, 3.63) is 27.0 Å². The first-order valence-corrected chi connectivity index (χ1v) is 9.76. The van der Waals surface area contributed by atoms with E-state index in [1.807, 2.05) is 0 Å². The zero-order valence-electron chi connectivity index (χ0n) is 10.8. The monoisotopic (exact) mass is 410 g/mol. The zero-order valence-corrected chi connectivity index (χ0v) is 14.9. The van der Waals surface area contributed by atoms with Crippen molar-refractivity contribution in [2.75, 3.05) is 11.3 Å². The van der Waals surface area contributed by atoms with Crippen LogP contribution < -0.4 is 4.72 Å². The van der Waals surface area contributed by atoms with Crippen molar-refractivity contribution in [1.82, 2.24) is 4.98 Å². The van der Waals surface area contributed by atoms with E-state index in [1.54, 1.807) is 18.4 Å². The van der Waals surface area contributed by atoms with Crippen LogP contribution in [0.2, 0.25) is 0 Å². The first kappa shape index (κ1) is 16.4. The minimum Gasteiger partial charge on any atom is -0.466 e. The number of carbonyl (C=O) groups excluding carboxylic acids is 1. The van der Waals surface area contributed by atoms with E-state index < -0.39 is 10.0 Å². The molecule has 6 nitrogen and oxygen atoms in total. The van der Waals surface area contributed by atoms with Crippen LogP contribution in [-0.4, -0.2) is 26.0 Å². The highest BCUT2D eigenvalue weighted by atomic mass is 79.9. The Hall–Kier alpha value is -0.970. The molecule has 21 heavy (non-hydrogen) atoms. The van der Waals surface area contributed by atoms with Gasteiger partial charge in [0.15, 0.2) is 5.13 Å². The molecule has 0 atom stereocenters. The summed E-state index contributed by atoms with van der Waals surface area (Å²) in [5.41, 5.74) is 0.475. The van der Waals surface area contributed by atoms with Crippen LogP contribution in [0.3, 0.4) is 0 Å². The SMILES string of the molecule is CCOC(=O)Cc1csc(NS(=O)(=O)c2ccc(Br)s2)n1. The van der Waals surface area contributed by atoms with Crippen LogP contribution >= 0.6 is 38.6 Å². The van der Waals surface area contributed by atoms with Crippen molar-refractivity contribution in [2.45, 2.75) is 17.6 Å². The van der Waals surface area contributed by atoms with Gasteiger partial charge in [0.05, 0.1) is 22.5 Å². The highest BCUT2D eigenvalue weighted by Gasteiger charge is 2.18. The van der Waals surface area contributed by atoms with Gasteiger partial charge >= 0.3 is 5.97 Å². The molecule has 0 unspecified atom stereocenters. The Balaban J connectivity index is 2.07. The van der Waals surface area contributed by atoms with Gasteiger partial charge in [0, 0.05) is 5.38 Å². The summed E-state index contributed by atoms with van der Waals surface area (Å²) < 4.78 is 32.3. The normalized spacial score (nSPS) is 11.3. The molecule has 0 fully saturated rings. The predicted molar refractivity (Wildman–Crippen MR) is 85.3 cm³/mol. The van der Waals surface area contributed by atoms with Crippen LogP contribution in [0.4, 0.5) is 5.13 Å². The average Bonchev–Trinajstić information content (AvgIpc) is 2.99. The maximum absolute atomic E-state index is 12.1. The molecule has 0 aliphatic carbocycles. The summed E-state index contributed by atoms with van der Waals surface area (Å²) in [6.07, 6.45) is 0.0244. The van der Waals surface area contributed by atoms with Crippen LogP contribution in [-0.2, 0) is 26.0 Å². The third-order valence-corrected chi connectivity index (χ3v) is 6.61. The summed E-state index contributed by atoms with van der Waals surface area (Å²) in [6.45, 7) is 2.02. The molecule has 0 spiro atoms. The Kier molecular flexibility index (Phi) is 5.36. The molecule has 114 valence electrons. The van der Waals surface area contributed by atoms with E-state index in [2.05, 4.69) is 25.6 Å². The topological polar surface area (TPSA) is 85.4 Å². The highest BCUT2D eigenvalue weighted by molar-refractivity contribution is 9.11. The second-order valence-electron chi connectivity index (χ2n) is 3.79. The van der Waals surface area contributed by atoms with Gasteiger partial charge in [-0.3, -0.25) is 9.52 Å². The Morgan fingerprint density at radius 1 is 1.48 bits per heavy atom. The number of rotatable bonds is 6. The molecule has 10 heteroatoms. The van der Waals surface area contributed by atoms with Crippen molar-refractivity contribution in [2.24, 2.45) is 0 Å². The number of ether oxygens (including phenoxy) is 1. The van der Waals surface area contributed by atoms with Crippen LogP contribution in [0.1, 0.15) is 12.6 Å². The highest BCUT2D eigenvalue weighted by Crippen LogP contribution is 2.28. The standard InChI is InChI=1S/C11H11BrN2O4S3/c1-2-18-9(15)5-7-6-19-11(13-7)14-21(16,17)10-4-3-8(12)20-10/h3-4,6H,2,5H2,1H3,(H,13,14). The second kappa shape index (κ2) is 6.86. The molecule has 0 saturated heterocycles. The van der Waals surface area contributed by atoms with Gasteiger partial charge in [-0.25, -0.2) is 13.4 Å². The van der Waals surface area contributed by atoms with Crippen molar-refractivity contribution < 1.29 is 17.9 Å². The number of halogens is 1. The van der Waals surface area contributed by atoms with Crippen LogP contribution in [0.25, 0.3) is 0 Å². The van der Waals surface area contributed by atoms with Gasteiger partial charge in [0.2, 0.25) is 0 Å². The number of thiazole rings is 1. The molecule has 0 bridgehead atoms. The Labute approximate surface area is 138 Å². The summed E-state index contributed by atoms with van der Waals surface area (Å²) in [5.74, 6) is -0.389. The quantitative estimate of drug-likeness (QED) is 0.739. The number of hydrogen-bond donors (Lipinski definition) is 1. The van der Waals surface area contributed by atoms with Gasteiger partial charge in [-0.2, -0.15) is 0 Å². The minimum atomic E-state index is -3.65. The second-order valence-corrected chi connectivity index (χ2v) is 9.02. The summed E-state index contributed by atoms with van der Waals surface area (Å²) in [5, 5.41) is 1.85. The number of carbonyl (C=O) groups is 1. The summed E-state index contributed by atoms with van der Waals surface area (Å²) in [7, 11) is -3.65. The summed E-state index contributed by atoms with van der Waals surface area (Å²) in [6, 6.07) is 3.16. The van der Waals surface area contributed by atoms with Crippen LogP contribution in [0.5, 0.6) is 0 Å². The molecule has 2 aromatic rings. The number of sulfonamides is 1. The van der Waals surface area contributed by atoms with Crippen molar-refractivity contribution >= 4 is 59.7 Å². The van der Waals surface area contributed by atoms with Gasteiger partial charge in [-0.1, -0.05) is 0 Å². The summed E-state index contributed by atoms with van der Waals surface area (Å²) in [4.78, 5) is 15.4. The van der Waals surface area contributed by atoms with Gasteiger partial charge in [0.1, 0.15) is 4.21 Å². The molecule has 0 amide bonds. The minimum absolute atomic E-state index is 0.0244. The van der Waals surface area contributed by atoms with E-state index in [1.165, 1.54) is 6.07 Å². The van der Waals surface area contributed by atoms with E-state index in [-0.39, 0.29) is 21.7 Å². The Bertz CT molecular complexity index is 738. The molecular formula is C11H11BrN2O4S3. The molecule has 0 aliphatic rings. The van der Waals surface area contributed by atoms with Gasteiger partial charge in [0.25, 0.3) is 10.0 Å². The number of anilines is 1. The lowest BCUT2D eigenvalue weighted by molar-refractivity contribution is -0.142. The first-order valence-electron chi connectivity index (χ1n) is 5.79. The molecule has 2 rings (SSSR count). The largest absolute Gasteiger partial charge is 0.466 e. The first-order chi connectivity index (χ1) is 9.90. The maximum Gasteiger partial charge on any atom is 0.311 e. The number of thiophene rings is 1. The summed E-state index contributed by atoms with van der Waals surface area (Å²) >= 11 is 5.45. The maximum atomic E-state index is 12.1. The lowest BCUT2D eigenvalue weighted by atomic mass is 10.3. The average molecular weight is 411 g/mol. The number of esters is 1. The Morgan fingerprint density at radius 3 is 2.86 bits per heavy atom. The van der Waals surface area contributed by atoms with Crippen molar-refractivity contribution in [3.8, 4) is 0 Å². The molecule has 0 saturated carbocycles. The molecule has 2 heterocycles. The lowest BCUT2D eigenvalue weighted by Crippen LogP contribution is -2.12. The number of nitrogens with one attached hydrogen (secondary N) is 1. The van der Waals surface area contributed by atoms with Gasteiger partial charge in [-0.05, 0) is 35.0 Å². The third kappa shape index (κ3) is 4.50. The molecule has 2 aromatic heterocycles. The fourth-order valence-corrected chi connectivity index (χ4v) is 5.38. The third-order valence-electron chi connectivity index (χ3n) is 2.22. The lowest BCUT2D eigenvalue weighted by Gasteiger charge is -2.01. The fourth-order valence-electron chi connectivity index (χ4n) is 1.40. The number of hydrogen-bond acceptors (Lipinski definition) is 7. The van der Waals surface area contributed by atoms with Crippen LogP contribution in [0, 0.1) is 0 Å². The van der Waals surface area contributed by atoms with E-state index in [0.29, 0.717) is 12.3 Å². The molecule has 1 N–H and O–H groups in total. The van der Waals surface area contributed by atoms with E-state index in [0.717, 1.165) is 26.5 Å². The molecular weight excluding hydrogens is 400 g/mol. The van der Waals surface area contributed by atoms with Gasteiger partial charge in [-0.15, -0.1) is 22.7 Å². The van der Waals surface area contributed by atoms with Gasteiger partial charge < -0.3 is 4.74 Å². The van der Waals surface area contributed by atoms with E-state index >= 15 is 0 Å². The molecule has 0 radical (unpaired) electrons. The number of aromatic nitrogens is 1. The zero-order chi connectivity index (χ0) is 15.5. The van der Waals surface area contributed by atoms with E-state index in [4.69, 9.17) is 4.74 Å². The number of nitrogens with zero attached hydrogens (tertiary/aromatic N) is 1. The van der Waals surface area contributed by atoms with Crippen molar-refractivity contribution in [3.63, 3.8) is 0 Å². The van der Waals surface area contributed by atoms with Crippen LogP contribution in [0.15, 0.2) is 25.5 Å². The Morgan fingerprint density at radius 2 is 2.24 bits per heavy atom. The van der Waals surface area contributed by atoms with Crippen molar-refractivity contribution in [1.29, 1.82) is 0 Å². The predicted octanol–water partition coefficient (Wildman–Crippen LogP) is 2.87.